The van der Waals surface area contributed by atoms with Crippen molar-refractivity contribution in [2.24, 2.45) is 11.8 Å². The van der Waals surface area contributed by atoms with E-state index in [1.807, 2.05) is 6.20 Å². The maximum absolute atomic E-state index is 4.42. The molecule has 0 radical (unpaired) electrons. The van der Waals surface area contributed by atoms with Gasteiger partial charge in [0, 0.05) is 6.54 Å². The van der Waals surface area contributed by atoms with E-state index in [1.54, 1.807) is 0 Å². The van der Waals surface area contributed by atoms with Crippen LogP contribution in [-0.2, 0) is 6.54 Å². The molecule has 0 spiro atoms. The summed E-state index contributed by atoms with van der Waals surface area (Å²) in [4.78, 5) is 0. The first-order valence-electron chi connectivity index (χ1n) is 6.55. The number of aromatic nitrogens is 2. The monoisotopic (exact) mass is 299 g/mol. The highest BCUT2D eigenvalue weighted by molar-refractivity contribution is 9.10. The van der Waals surface area contributed by atoms with Gasteiger partial charge in [-0.2, -0.15) is 5.10 Å². The maximum atomic E-state index is 4.42. The molecule has 0 bridgehead atoms. The number of rotatable bonds is 4. The molecular formula is C13H22BrN3. The molecule has 2 rings (SSSR count). The van der Waals surface area contributed by atoms with Crippen molar-refractivity contribution in [1.29, 1.82) is 0 Å². The average molecular weight is 300 g/mol. The fourth-order valence-corrected chi connectivity index (χ4v) is 3.63. The molecule has 1 aromatic rings. The molecule has 1 aromatic heterocycles. The third-order valence-electron chi connectivity index (χ3n) is 3.95. The summed E-state index contributed by atoms with van der Waals surface area (Å²) in [6.45, 7) is 5.44. The van der Waals surface area contributed by atoms with Crippen molar-refractivity contribution in [3.63, 3.8) is 0 Å². The van der Waals surface area contributed by atoms with Gasteiger partial charge >= 0.3 is 0 Å². The van der Waals surface area contributed by atoms with Gasteiger partial charge < -0.3 is 5.32 Å². The van der Waals surface area contributed by atoms with Crippen LogP contribution in [0.15, 0.2) is 10.7 Å². The van der Waals surface area contributed by atoms with E-state index < -0.39 is 0 Å². The highest BCUT2D eigenvalue weighted by atomic mass is 79.9. The second-order valence-corrected chi connectivity index (χ2v) is 5.99. The topological polar surface area (TPSA) is 29.9 Å². The minimum atomic E-state index is 0.428. The Morgan fingerprint density at radius 3 is 2.88 bits per heavy atom. The van der Waals surface area contributed by atoms with Crippen molar-refractivity contribution in [2.45, 2.75) is 45.7 Å². The Kier molecular flexibility index (Phi) is 4.26. The number of aryl methyl sites for hydroxylation is 1. The minimum Gasteiger partial charge on any atom is -0.311 e. The van der Waals surface area contributed by atoms with Crippen molar-refractivity contribution in [1.82, 2.24) is 15.1 Å². The molecule has 1 fully saturated rings. The van der Waals surface area contributed by atoms with Crippen molar-refractivity contribution < 1.29 is 0 Å². The highest BCUT2D eigenvalue weighted by Gasteiger charge is 2.31. The molecule has 17 heavy (non-hydrogen) atoms. The van der Waals surface area contributed by atoms with Crippen LogP contribution < -0.4 is 5.32 Å². The molecule has 0 saturated heterocycles. The van der Waals surface area contributed by atoms with Crippen LogP contribution in [0.2, 0.25) is 0 Å². The van der Waals surface area contributed by atoms with Crippen LogP contribution in [0.1, 0.15) is 44.8 Å². The Hall–Kier alpha value is -0.350. The number of hydrogen-bond acceptors (Lipinski definition) is 2. The van der Waals surface area contributed by atoms with Gasteiger partial charge in [0.15, 0.2) is 0 Å². The SMILES string of the molecule is CCn1ncc(Br)c1C(NC)C1CCC(C)C1. The summed E-state index contributed by atoms with van der Waals surface area (Å²) in [5.41, 5.74) is 1.31. The van der Waals surface area contributed by atoms with Gasteiger partial charge in [-0.25, -0.2) is 0 Å². The Bertz CT molecular complexity index is 375. The largest absolute Gasteiger partial charge is 0.311 e. The predicted molar refractivity (Wildman–Crippen MR) is 73.9 cm³/mol. The first kappa shape index (κ1) is 13.1. The molecule has 1 saturated carbocycles. The van der Waals surface area contributed by atoms with E-state index in [-0.39, 0.29) is 0 Å². The van der Waals surface area contributed by atoms with Gasteiger partial charge in [-0.05, 0) is 54.6 Å². The molecule has 1 aliphatic carbocycles. The number of hydrogen-bond donors (Lipinski definition) is 1. The van der Waals surface area contributed by atoms with Crippen LogP contribution in [0.4, 0.5) is 0 Å². The summed E-state index contributed by atoms with van der Waals surface area (Å²) in [5, 5.41) is 7.91. The lowest BCUT2D eigenvalue weighted by Crippen LogP contribution is -2.27. The Morgan fingerprint density at radius 2 is 2.35 bits per heavy atom. The second-order valence-electron chi connectivity index (χ2n) is 5.14. The summed E-state index contributed by atoms with van der Waals surface area (Å²) in [7, 11) is 2.06. The van der Waals surface area contributed by atoms with Crippen molar-refractivity contribution in [3.8, 4) is 0 Å². The third-order valence-corrected chi connectivity index (χ3v) is 4.56. The lowest BCUT2D eigenvalue weighted by Gasteiger charge is -2.24. The van der Waals surface area contributed by atoms with E-state index >= 15 is 0 Å². The van der Waals surface area contributed by atoms with Crippen LogP contribution in [-0.4, -0.2) is 16.8 Å². The van der Waals surface area contributed by atoms with E-state index in [1.165, 1.54) is 25.0 Å². The number of halogens is 1. The molecule has 3 atom stereocenters. The van der Waals surface area contributed by atoms with Crippen LogP contribution in [0.3, 0.4) is 0 Å². The average Bonchev–Trinajstić information content (AvgIpc) is 2.89. The summed E-state index contributed by atoms with van der Waals surface area (Å²) in [5.74, 6) is 1.61. The fraction of sp³-hybridized carbons (Fsp3) is 0.769. The van der Waals surface area contributed by atoms with Crippen LogP contribution >= 0.6 is 15.9 Å². The molecule has 1 aliphatic rings. The van der Waals surface area contributed by atoms with Gasteiger partial charge in [0.25, 0.3) is 0 Å². The van der Waals surface area contributed by atoms with Crippen LogP contribution in [0, 0.1) is 11.8 Å². The maximum Gasteiger partial charge on any atom is 0.0698 e. The molecule has 0 amide bonds. The molecule has 1 N–H and O–H groups in total. The van der Waals surface area contributed by atoms with Crippen LogP contribution in [0.25, 0.3) is 0 Å². The summed E-state index contributed by atoms with van der Waals surface area (Å²) < 4.78 is 3.24. The third kappa shape index (κ3) is 2.58. The van der Waals surface area contributed by atoms with Gasteiger partial charge in [0.05, 0.1) is 22.4 Å². The summed E-state index contributed by atoms with van der Waals surface area (Å²) >= 11 is 3.64. The zero-order valence-electron chi connectivity index (χ0n) is 10.9. The lowest BCUT2D eigenvalue weighted by atomic mass is 9.94. The van der Waals surface area contributed by atoms with Crippen molar-refractivity contribution in [3.05, 3.63) is 16.4 Å². The predicted octanol–water partition coefficient (Wildman–Crippen LogP) is 3.36. The van der Waals surface area contributed by atoms with E-state index in [2.05, 4.69) is 51.9 Å². The second kappa shape index (κ2) is 5.53. The number of nitrogens with zero attached hydrogens (tertiary/aromatic N) is 2. The molecule has 4 heteroatoms. The highest BCUT2D eigenvalue weighted by Crippen LogP contribution is 2.40. The standard InChI is InChI=1S/C13H22BrN3/c1-4-17-13(11(14)8-16-17)12(15-3)10-6-5-9(2)7-10/h8-10,12,15H,4-7H2,1-3H3. The summed E-state index contributed by atoms with van der Waals surface area (Å²) in [6, 6.07) is 0.428. The van der Waals surface area contributed by atoms with Gasteiger partial charge in [0.2, 0.25) is 0 Å². The molecule has 3 nitrogen and oxygen atoms in total. The van der Waals surface area contributed by atoms with E-state index in [0.717, 1.165) is 22.9 Å². The minimum absolute atomic E-state index is 0.428. The zero-order valence-corrected chi connectivity index (χ0v) is 12.5. The van der Waals surface area contributed by atoms with Gasteiger partial charge in [-0.1, -0.05) is 13.3 Å². The first-order chi connectivity index (χ1) is 8.17. The van der Waals surface area contributed by atoms with Crippen molar-refractivity contribution in [2.75, 3.05) is 7.05 Å². The molecule has 0 aromatic carbocycles. The molecule has 0 aliphatic heterocycles. The quantitative estimate of drug-likeness (QED) is 0.924. The Labute approximate surface area is 112 Å². The van der Waals surface area contributed by atoms with Gasteiger partial charge in [-0.15, -0.1) is 0 Å². The van der Waals surface area contributed by atoms with E-state index in [4.69, 9.17) is 0 Å². The fourth-order valence-electron chi connectivity index (χ4n) is 3.08. The molecule has 1 heterocycles. The number of nitrogens with one attached hydrogen (secondary N) is 1. The Balaban J connectivity index is 2.25. The van der Waals surface area contributed by atoms with Crippen LogP contribution in [0.5, 0.6) is 0 Å². The smallest absolute Gasteiger partial charge is 0.0698 e. The van der Waals surface area contributed by atoms with Gasteiger partial charge in [-0.3, -0.25) is 4.68 Å². The first-order valence-corrected chi connectivity index (χ1v) is 7.35. The molecule has 3 unspecified atom stereocenters. The summed E-state index contributed by atoms with van der Waals surface area (Å²) in [6.07, 6.45) is 5.93. The van der Waals surface area contributed by atoms with Gasteiger partial charge in [0.1, 0.15) is 0 Å². The van der Waals surface area contributed by atoms with Crippen molar-refractivity contribution >= 4 is 15.9 Å². The molecule has 96 valence electrons. The van der Waals surface area contributed by atoms with E-state index in [0.29, 0.717) is 6.04 Å². The lowest BCUT2D eigenvalue weighted by molar-refractivity contribution is 0.356. The Morgan fingerprint density at radius 1 is 1.59 bits per heavy atom. The molecular weight excluding hydrogens is 278 g/mol. The van der Waals surface area contributed by atoms with E-state index in [9.17, 15) is 0 Å². The zero-order chi connectivity index (χ0) is 12.4. The normalized spacial score (nSPS) is 26.4.